The summed E-state index contributed by atoms with van der Waals surface area (Å²) < 4.78 is 0. The summed E-state index contributed by atoms with van der Waals surface area (Å²) in [7, 11) is 0. The second-order valence-electron chi connectivity index (χ2n) is 6.39. The molecule has 0 aliphatic heterocycles. The number of pyridine rings is 1. The normalized spacial score (nSPS) is 19.6. The van der Waals surface area contributed by atoms with Crippen LogP contribution in [0.1, 0.15) is 44.4 Å². The van der Waals surface area contributed by atoms with Crippen LogP contribution in [0, 0.1) is 13.8 Å². The van der Waals surface area contributed by atoms with Crippen LogP contribution < -0.4 is 5.32 Å². The Kier molecular flexibility index (Phi) is 5.10. The molecule has 1 aromatic rings. The molecule has 1 saturated carbocycles. The lowest BCUT2D eigenvalue weighted by Crippen LogP contribution is -2.48. The van der Waals surface area contributed by atoms with Crippen molar-refractivity contribution in [1.82, 2.24) is 10.3 Å². The number of thioether (sulfide) groups is 1. The summed E-state index contributed by atoms with van der Waals surface area (Å²) >= 11 is 1.80. The maximum absolute atomic E-state index is 9.68. The summed E-state index contributed by atoms with van der Waals surface area (Å²) in [5.41, 5.74) is 2.15. The van der Waals surface area contributed by atoms with Crippen LogP contribution in [-0.4, -0.2) is 33.5 Å². The van der Waals surface area contributed by atoms with Crippen LogP contribution in [0.3, 0.4) is 0 Å². The summed E-state index contributed by atoms with van der Waals surface area (Å²) in [5.74, 6) is 0. The van der Waals surface area contributed by atoms with Gasteiger partial charge in [0.05, 0.1) is 11.6 Å². The van der Waals surface area contributed by atoms with E-state index in [0.29, 0.717) is 11.3 Å². The van der Waals surface area contributed by atoms with E-state index in [0.717, 1.165) is 17.1 Å². The molecule has 2 atom stereocenters. The van der Waals surface area contributed by atoms with Crippen molar-refractivity contribution in [1.29, 1.82) is 0 Å². The first kappa shape index (κ1) is 15.8. The van der Waals surface area contributed by atoms with Crippen molar-refractivity contribution in [2.45, 2.75) is 68.8 Å². The zero-order valence-corrected chi connectivity index (χ0v) is 13.8. The van der Waals surface area contributed by atoms with E-state index in [1.807, 2.05) is 6.92 Å². The number of nitrogens with one attached hydrogen (secondary N) is 1. The van der Waals surface area contributed by atoms with Crippen LogP contribution in [-0.2, 0) is 0 Å². The van der Waals surface area contributed by atoms with Gasteiger partial charge >= 0.3 is 0 Å². The van der Waals surface area contributed by atoms with E-state index in [1.54, 1.807) is 11.8 Å². The van der Waals surface area contributed by atoms with Crippen molar-refractivity contribution < 1.29 is 5.11 Å². The second kappa shape index (κ2) is 6.46. The fourth-order valence-corrected chi connectivity index (χ4v) is 3.95. The maximum atomic E-state index is 9.68. The smallest absolute Gasteiger partial charge is 0.0968 e. The van der Waals surface area contributed by atoms with Gasteiger partial charge in [0.1, 0.15) is 0 Å². The lowest BCUT2D eigenvalue weighted by Gasteiger charge is -2.31. The molecular formula is C16H26N2OS. The molecule has 1 fully saturated rings. The lowest BCUT2D eigenvalue weighted by molar-refractivity contribution is 0.164. The average Bonchev–Trinajstić information content (AvgIpc) is 3.10. The van der Waals surface area contributed by atoms with Gasteiger partial charge in [-0.05, 0) is 57.7 Å². The fourth-order valence-electron chi connectivity index (χ4n) is 2.64. The lowest BCUT2D eigenvalue weighted by atomic mass is 9.97. The molecule has 1 heterocycles. The summed E-state index contributed by atoms with van der Waals surface area (Å²) in [6.45, 7) is 8.67. The molecule has 2 unspecified atom stereocenters. The number of nitrogens with zero attached hydrogens (tertiary/aromatic N) is 1. The van der Waals surface area contributed by atoms with Gasteiger partial charge in [-0.1, -0.05) is 6.92 Å². The Labute approximate surface area is 126 Å². The van der Waals surface area contributed by atoms with Gasteiger partial charge in [0.2, 0.25) is 0 Å². The van der Waals surface area contributed by atoms with E-state index < -0.39 is 0 Å². The van der Waals surface area contributed by atoms with E-state index in [-0.39, 0.29) is 12.1 Å². The van der Waals surface area contributed by atoms with E-state index >= 15 is 0 Å². The Morgan fingerprint density at radius 3 is 2.70 bits per heavy atom. The Hall–Kier alpha value is -0.580. The van der Waals surface area contributed by atoms with E-state index in [4.69, 9.17) is 0 Å². The molecule has 2 rings (SSSR count). The predicted molar refractivity (Wildman–Crippen MR) is 85.3 cm³/mol. The summed E-state index contributed by atoms with van der Waals surface area (Å²) in [5, 5.41) is 14.8. The predicted octanol–water partition coefficient (Wildman–Crippen LogP) is 3.07. The highest BCUT2D eigenvalue weighted by Crippen LogP contribution is 2.30. The van der Waals surface area contributed by atoms with E-state index in [2.05, 4.69) is 43.2 Å². The Morgan fingerprint density at radius 1 is 1.45 bits per heavy atom. The molecule has 1 aliphatic carbocycles. The zero-order valence-electron chi connectivity index (χ0n) is 12.9. The molecule has 4 heteroatoms. The van der Waals surface area contributed by atoms with Gasteiger partial charge in [-0.3, -0.25) is 0 Å². The van der Waals surface area contributed by atoms with Gasteiger partial charge < -0.3 is 10.4 Å². The minimum atomic E-state index is -0.174. The van der Waals surface area contributed by atoms with Crippen molar-refractivity contribution in [3.05, 3.63) is 23.4 Å². The molecule has 112 valence electrons. The Bertz CT molecular complexity index is 442. The van der Waals surface area contributed by atoms with Crippen molar-refractivity contribution in [2.75, 3.05) is 6.61 Å². The molecule has 2 N–H and O–H groups in total. The minimum absolute atomic E-state index is 0.174. The molecule has 0 bridgehead atoms. The Morgan fingerprint density at radius 2 is 2.15 bits per heavy atom. The van der Waals surface area contributed by atoms with Crippen molar-refractivity contribution in [3.8, 4) is 0 Å². The van der Waals surface area contributed by atoms with Gasteiger partial charge in [0, 0.05) is 22.5 Å². The van der Waals surface area contributed by atoms with Crippen molar-refractivity contribution in [2.24, 2.45) is 0 Å². The first-order valence-electron chi connectivity index (χ1n) is 7.41. The number of aromatic nitrogens is 1. The highest BCUT2D eigenvalue weighted by molar-refractivity contribution is 7.99. The molecule has 0 radical (unpaired) electrons. The summed E-state index contributed by atoms with van der Waals surface area (Å²) in [4.78, 5) is 4.58. The molecule has 1 aliphatic rings. The molecule has 0 saturated heterocycles. The van der Waals surface area contributed by atoms with Gasteiger partial charge in [0.25, 0.3) is 0 Å². The van der Waals surface area contributed by atoms with Gasteiger partial charge in [0.15, 0.2) is 0 Å². The van der Waals surface area contributed by atoms with Gasteiger partial charge in [-0.15, -0.1) is 11.8 Å². The number of hydrogen-bond acceptors (Lipinski definition) is 4. The topological polar surface area (TPSA) is 45.2 Å². The monoisotopic (exact) mass is 294 g/mol. The second-order valence-corrected chi connectivity index (χ2v) is 7.85. The van der Waals surface area contributed by atoms with Crippen LogP contribution in [0.5, 0.6) is 0 Å². The van der Waals surface area contributed by atoms with Crippen molar-refractivity contribution in [3.63, 3.8) is 0 Å². The SMILES string of the molecule is Cc1cc(C)nc(SC(C)CC(C)(CO)NC2CC2)c1. The van der Waals surface area contributed by atoms with E-state index in [9.17, 15) is 5.11 Å². The third-order valence-corrected chi connectivity index (χ3v) is 4.63. The molecule has 0 aromatic carbocycles. The highest BCUT2D eigenvalue weighted by Gasteiger charge is 2.33. The van der Waals surface area contributed by atoms with Crippen LogP contribution in [0.4, 0.5) is 0 Å². The van der Waals surface area contributed by atoms with E-state index in [1.165, 1.54) is 18.4 Å². The fraction of sp³-hybridized carbons (Fsp3) is 0.688. The maximum Gasteiger partial charge on any atom is 0.0968 e. The highest BCUT2D eigenvalue weighted by atomic mass is 32.2. The number of aliphatic hydroxyl groups excluding tert-OH is 1. The number of rotatable bonds is 7. The molecular weight excluding hydrogens is 268 g/mol. The molecule has 20 heavy (non-hydrogen) atoms. The van der Waals surface area contributed by atoms with Crippen LogP contribution in [0.15, 0.2) is 17.2 Å². The van der Waals surface area contributed by atoms with Crippen LogP contribution in [0.25, 0.3) is 0 Å². The third kappa shape index (κ3) is 4.76. The largest absolute Gasteiger partial charge is 0.394 e. The Balaban J connectivity index is 1.94. The molecule has 0 amide bonds. The minimum Gasteiger partial charge on any atom is -0.394 e. The number of aliphatic hydroxyl groups is 1. The van der Waals surface area contributed by atoms with Crippen LogP contribution in [0.2, 0.25) is 0 Å². The first-order valence-corrected chi connectivity index (χ1v) is 8.29. The standard InChI is InChI=1S/C16H26N2OS/c1-11-7-12(2)17-15(8-11)20-13(3)9-16(4,10-19)18-14-5-6-14/h7-8,13-14,18-19H,5-6,9-10H2,1-4H3. The summed E-state index contributed by atoms with van der Waals surface area (Å²) in [6, 6.07) is 4.85. The number of hydrogen-bond donors (Lipinski definition) is 2. The quantitative estimate of drug-likeness (QED) is 0.759. The van der Waals surface area contributed by atoms with Gasteiger partial charge in [-0.2, -0.15) is 0 Å². The molecule has 1 aromatic heterocycles. The zero-order chi connectivity index (χ0) is 14.8. The summed E-state index contributed by atoms with van der Waals surface area (Å²) in [6.07, 6.45) is 3.44. The van der Waals surface area contributed by atoms with Crippen LogP contribution >= 0.6 is 11.8 Å². The molecule has 0 spiro atoms. The van der Waals surface area contributed by atoms with Crippen molar-refractivity contribution >= 4 is 11.8 Å². The first-order chi connectivity index (χ1) is 9.40. The number of aryl methyl sites for hydroxylation is 2. The average molecular weight is 294 g/mol. The molecule has 3 nitrogen and oxygen atoms in total. The third-order valence-electron chi connectivity index (χ3n) is 3.61. The van der Waals surface area contributed by atoms with Gasteiger partial charge in [-0.25, -0.2) is 4.98 Å².